The second kappa shape index (κ2) is 8.65. The highest BCUT2D eigenvalue weighted by atomic mass is 32.2. The number of nitrogens with one attached hydrogen (secondary N) is 1. The van der Waals surface area contributed by atoms with E-state index in [0.29, 0.717) is 6.04 Å². The topological polar surface area (TPSA) is 15.3 Å². The van der Waals surface area contributed by atoms with Gasteiger partial charge in [0.1, 0.15) is 5.82 Å². The summed E-state index contributed by atoms with van der Waals surface area (Å²) in [5.74, 6) is 0.858. The Labute approximate surface area is 126 Å². The zero-order valence-corrected chi connectivity index (χ0v) is 13.1. The molecule has 1 fully saturated rings. The third kappa shape index (κ3) is 4.76. The van der Waals surface area contributed by atoms with E-state index in [1.165, 1.54) is 25.3 Å². The molecule has 0 bridgehead atoms. The van der Waals surface area contributed by atoms with E-state index >= 15 is 0 Å². The van der Waals surface area contributed by atoms with Gasteiger partial charge in [0, 0.05) is 29.8 Å². The summed E-state index contributed by atoms with van der Waals surface area (Å²) in [6, 6.07) is 7.71. The number of halogens is 1. The van der Waals surface area contributed by atoms with Crippen molar-refractivity contribution in [1.82, 2.24) is 10.2 Å². The second-order valence-corrected chi connectivity index (χ2v) is 6.45. The molecule has 1 heterocycles. The molecular formula is C16H25FN2S. The Hall–Kier alpha value is -0.580. The quantitative estimate of drug-likeness (QED) is 0.777. The van der Waals surface area contributed by atoms with Crippen LogP contribution in [-0.4, -0.2) is 42.9 Å². The standard InChI is InChI=1S/C16H25FN2S/c1-2-10-19(14-6-5-9-18-13-14)11-12-20-16-8-4-3-7-15(16)17/h3-4,7-8,14,18H,2,5-6,9-13H2,1H3. The molecule has 2 nitrogen and oxygen atoms in total. The average Bonchev–Trinajstić information content (AvgIpc) is 2.49. The number of rotatable bonds is 7. The van der Waals surface area contributed by atoms with Crippen molar-refractivity contribution in [2.75, 3.05) is 31.9 Å². The van der Waals surface area contributed by atoms with Crippen LogP contribution in [0.3, 0.4) is 0 Å². The van der Waals surface area contributed by atoms with Gasteiger partial charge in [0.05, 0.1) is 0 Å². The van der Waals surface area contributed by atoms with Crippen molar-refractivity contribution >= 4 is 11.8 Å². The number of thioether (sulfide) groups is 1. The van der Waals surface area contributed by atoms with Crippen molar-refractivity contribution in [2.45, 2.75) is 37.1 Å². The lowest BCUT2D eigenvalue weighted by molar-refractivity contribution is 0.176. The van der Waals surface area contributed by atoms with Gasteiger partial charge >= 0.3 is 0 Å². The first-order chi connectivity index (χ1) is 9.81. The van der Waals surface area contributed by atoms with Crippen LogP contribution in [0.25, 0.3) is 0 Å². The molecule has 1 N–H and O–H groups in total. The molecule has 1 unspecified atom stereocenters. The fraction of sp³-hybridized carbons (Fsp3) is 0.625. The van der Waals surface area contributed by atoms with Gasteiger partial charge in [0.15, 0.2) is 0 Å². The first-order valence-electron chi connectivity index (χ1n) is 7.63. The van der Waals surface area contributed by atoms with Crippen molar-refractivity contribution in [3.8, 4) is 0 Å². The molecule has 0 saturated carbocycles. The first-order valence-corrected chi connectivity index (χ1v) is 8.62. The molecule has 20 heavy (non-hydrogen) atoms. The summed E-state index contributed by atoms with van der Waals surface area (Å²) in [5.41, 5.74) is 0. The number of hydrogen-bond acceptors (Lipinski definition) is 3. The zero-order valence-electron chi connectivity index (χ0n) is 12.3. The highest BCUT2D eigenvalue weighted by molar-refractivity contribution is 7.99. The molecule has 0 aliphatic carbocycles. The predicted octanol–water partition coefficient (Wildman–Crippen LogP) is 3.38. The molecule has 0 amide bonds. The van der Waals surface area contributed by atoms with Crippen molar-refractivity contribution in [2.24, 2.45) is 0 Å². The lowest BCUT2D eigenvalue weighted by Gasteiger charge is -2.34. The van der Waals surface area contributed by atoms with E-state index < -0.39 is 0 Å². The average molecular weight is 296 g/mol. The normalized spacial score (nSPS) is 19.4. The van der Waals surface area contributed by atoms with Crippen LogP contribution in [0.2, 0.25) is 0 Å². The number of hydrogen-bond donors (Lipinski definition) is 1. The monoisotopic (exact) mass is 296 g/mol. The zero-order chi connectivity index (χ0) is 14.2. The highest BCUT2D eigenvalue weighted by Gasteiger charge is 2.19. The van der Waals surface area contributed by atoms with Gasteiger partial charge in [-0.3, -0.25) is 4.90 Å². The van der Waals surface area contributed by atoms with Gasteiger partial charge in [-0.2, -0.15) is 0 Å². The van der Waals surface area contributed by atoms with E-state index in [0.717, 1.165) is 36.8 Å². The molecule has 4 heteroatoms. The molecule has 1 aromatic carbocycles. The maximum atomic E-state index is 13.6. The van der Waals surface area contributed by atoms with Crippen LogP contribution in [0.5, 0.6) is 0 Å². The molecule has 1 aliphatic rings. The minimum absolute atomic E-state index is 0.0983. The van der Waals surface area contributed by atoms with Crippen molar-refractivity contribution < 1.29 is 4.39 Å². The van der Waals surface area contributed by atoms with E-state index in [4.69, 9.17) is 0 Å². The lowest BCUT2D eigenvalue weighted by Crippen LogP contribution is -2.47. The van der Waals surface area contributed by atoms with Gasteiger partial charge in [0.25, 0.3) is 0 Å². The third-order valence-corrected chi connectivity index (χ3v) is 4.80. The molecule has 1 aliphatic heterocycles. The Morgan fingerprint density at radius 2 is 2.20 bits per heavy atom. The highest BCUT2D eigenvalue weighted by Crippen LogP contribution is 2.22. The summed E-state index contributed by atoms with van der Waals surface area (Å²) in [5, 5.41) is 3.48. The van der Waals surface area contributed by atoms with Crippen molar-refractivity contribution in [1.29, 1.82) is 0 Å². The van der Waals surface area contributed by atoms with Crippen LogP contribution in [0, 0.1) is 5.82 Å². The Kier molecular flexibility index (Phi) is 6.83. The lowest BCUT2D eigenvalue weighted by atomic mass is 10.1. The largest absolute Gasteiger partial charge is 0.315 e. The van der Waals surface area contributed by atoms with Gasteiger partial charge < -0.3 is 5.32 Å². The summed E-state index contributed by atoms with van der Waals surface area (Å²) in [6.07, 6.45) is 3.74. The fourth-order valence-electron chi connectivity index (χ4n) is 2.74. The Morgan fingerprint density at radius 1 is 1.35 bits per heavy atom. The molecule has 1 aromatic rings. The smallest absolute Gasteiger partial charge is 0.136 e. The molecule has 112 valence electrons. The van der Waals surface area contributed by atoms with Gasteiger partial charge in [-0.15, -0.1) is 11.8 Å². The molecule has 0 spiro atoms. The van der Waals surface area contributed by atoms with Gasteiger partial charge in [0.2, 0.25) is 0 Å². The maximum absolute atomic E-state index is 13.6. The van der Waals surface area contributed by atoms with Crippen LogP contribution in [0.15, 0.2) is 29.2 Å². The summed E-state index contributed by atoms with van der Waals surface area (Å²) >= 11 is 1.63. The van der Waals surface area contributed by atoms with Crippen LogP contribution in [-0.2, 0) is 0 Å². The summed E-state index contributed by atoms with van der Waals surface area (Å²) < 4.78 is 13.6. The number of benzene rings is 1. The molecular weight excluding hydrogens is 271 g/mol. The minimum Gasteiger partial charge on any atom is -0.315 e. The Morgan fingerprint density at radius 3 is 2.90 bits per heavy atom. The first kappa shape index (κ1) is 15.8. The fourth-order valence-corrected chi connectivity index (χ4v) is 3.67. The van der Waals surface area contributed by atoms with Crippen molar-refractivity contribution in [3.05, 3.63) is 30.1 Å². The Bertz CT molecular complexity index is 394. The summed E-state index contributed by atoms with van der Waals surface area (Å²) in [7, 11) is 0. The molecule has 1 saturated heterocycles. The molecule has 1 atom stereocenters. The van der Waals surface area contributed by atoms with Crippen LogP contribution < -0.4 is 5.32 Å². The maximum Gasteiger partial charge on any atom is 0.136 e. The van der Waals surface area contributed by atoms with Crippen LogP contribution in [0.4, 0.5) is 4.39 Å². The minimum atomic E-state index is -0.0983. The number of nitrogens with zero attached hydrogens (tertiary/aromatic N) is 1. The van der Waals surface area contributed by atoms with E-state index in [-0.39, 0.29) is 5.82 Å². The molecule has 0 aromatic heterocycles. The van der Waals surface area contributed by atoms with E-state index in [9.17, 15) is 4.39 Å². The van der Waals surface area contributed by atoms with E-state index in [1.54, 1.807) is 17.8 Å². The van der Waals surface area contributed by atoms with Gasteiger partial charge in [-0.25, -0.2) is 4.39 Å². The van der Waals surface area contributed by atoms with E-state index in [2.05, 4.69) is 17.1 Å². The van der Waals surface area contributed by atoms with Gasteiger partial charge in [-0.1, -0.05) is 19.1 Å². The van der Waals surface area contributed by atoms with Crippen LogP contribution in [0.1, 0.15) is 26.2 Å². The Balaban J connectivity index is 1.81. The summed E-state index contributed by atoms with van der Waals surface area (Å²) in [4.78, 5) is 3.34. The second-order valence-electron chi connectivity index (χ2n) is 5.32. The van der Waals surface area contributed by atoms with Crippen LogP contribution >= 0.6 is 11.8 Å². The predicted molar refractivity (Wildman–Crippen MR) is 84.9 cm³/mol. The summed E-state index contributed by atoms with van der Waals surface area (Å²) in [6.45, 7) is 6.67. The van der Waals surface area contributed by atoms with Gasteiger partial charge in [-0.05, 0) is 44.5 Å². The van der Waals surface area contributed by atoms with E-state index in [1.807, 2.05) is 12.1 Å². The SMILES string of the molecule is CCCN(CCSc1ccccc1F)C1CCCNC1. The number of piperidine rings is 1. The molecule has 2 rings (SSSR count). The third-order valence-electron chi connectivity index (χ3n) is 3.77. The van der Waals surface area contributed by atoms with Crippen molar-refractivity contribution in [3.63, 3.8) is 0 Å². The molecule has 0 radical (unpaired) electrons.